The lowest BCUT2D eigenvalue weighted by molar-refractivity contribution is -0.126. The minimum atomic E-state index is -3.25. The van der Waals surface area contributed by atoms with Crippen molar-refractivity contribution in [2.45, 2.75) is 38.3 Å². The third-order valence-corrected chi connectivity index (χ3v) is 9.37. The number of amides is 1. The first-order chi connectivity index (χ1) is 16.3. The van der Waals surface area contributed by atoms with Crippen LogP contribution in [-0.2, 0) is 26.8 Å². The summed E-state index contributed by atoms with van der Waals surface area (Å²) in [5.41, 5.74) is 0.679. The van der Waals surface area contributed by atoms with E-state index in [4.69, 9.17) is 46.4 Å². The molecule has 0 spiro atoms. The summed E-state index contributed by atoms with van der Waals surface area (Å²) in [5.74, 6) is -0.162. The van der Waals surface area contributed by atoms with Gasteiger partial charge in [0.1, 0.15) is 0 Å². The van der Waals surface area contributed by atoms with Crippen molar-refractivity contribution < 1.29 is 13.2 Å². The molecule has 6 nitrogen and oxygen atoms in total. The number of hydrogen-bond donors (Lipinski definition) is 1. The third-order valence-electron chi connectivity index (χ3n) is 6.50. The Bertz CT molecular complexity index is 1190. The Labute approximate surface area is 227 Å². The molecule has 11 heteroatoms. The summed E-state index contributed by atoms with van der Waals surface area (Å²) in [6.45, 7) is 6.29. The quantitative estimate of drug-likeness (QED) is 0.464. The van der Waals surface area contributed by atoms with Gasteiger partial charge in [0.15, 0.2) is 0 Å². The van der Waals surface area contributed by atoms with E-state index in [9.17, 15) is 13.2 Å². The van der Waals surface area contributed by atoms with Gasteiger partial charge in [0.2, 0.25) is 15.9 Å². The fraction of sp³-hybridized carbons (Fsp3) is 0.458. The lowest BCUT2D eigenvalue weighted by Gasteiger charge is -2.40. The highest BCUT2D eigenvalue weighted by atomic mass is 35.5. The molecule has 1 fully saturated rings. The predicted molar refractivity (Wildman–Crippen MR) is 144 cm³/mol. The van der Waals surface area contributed by atoms with Crippen molar-refractivity contribution in [1.82, 2.24) is 14.5 Å². The second-order valence-corrected chi connectivity index (χ2v) is 12.7. The maximum atomic E-state index is 13.6. The van der Waals surface area contributed by atoms with Gasteiger partial charge in [-0.25, -0.2) is 8.42 Å². The number of carbonyl (C=O) groups is 1. The number of rotatable bonds is 8. The Morgan fingerprint density at radius 3 is 2.23 bits per heavy atom. The van der Waals surface area contributed by atoms with Crippen molar-refractivity contribution >= 4 is 62.3 Å². The zero-order chi connectivity index (χ0) is 26.0. The number of carbonyl (C=O) groups excluding carboxylic acids is 1. The zero-order valence-electron chi connectivity index (χ0n) is 19.8. The lowest BCUT2D eigenvalue weighted by Crippen LogP contribution is -2.54. The molecule has 1 saturated heterocycles. The summed E-state index contributed by atoms with van der Waals surface area (Å²) in [6.07, 6.45) is 1.74. The molecule has 35 heavy (non-hydrogen) atoms. The first-order valence-corrected chi connectivity index (χ1v) is 14.5. The second kappa shape index (κ2) is 11.5. The molecule has 0 bridgehead atoms. The van der Waals surface area contributed by atoms with E-state index in [1.54, 1.807) is 24.3 Å². The molecule has 192 valence electrons. The van der Waals surface area contributed by atoms with E-state index in [0.29, 0.717) is 52.7 Å². The molecule has 1 amide bonds. The minimum Gasteiger partial charge on any atom is -0.351 e. The highest BCUT2D eigenvalue weighted by molar-refractivity contribution is 7.88. The molecular formula is C24H29Cl4N3O3S. The summed E-state index contributed by atoms with van der Waals surface area (Å²) in [5, 5.41) is 4.69. The molecule has 0 aromatic heterocycles. The standard InChI is InChI=1S/C24H29Cl4N3O3S/c1-16-15-30(10-11-31(16)35(3,33)34)9-8-24(2,18-5-7-20(26)22(28)13-18)23(32)29-14-17-4-6-19(25)21(27)12-17/h4-7,12-13,16H,8-11,14-15H2,1-3H3,(H,29,32). The molecule has 2 unspecified atom stereocenters. The van der Waals surface area contributed by atoms with Crippen LogP contribution >= 0.6 is 46.4 Å². The van der Waals surface area contributed by atoms with Gasteiger partial charge >= 0.3 is 0 Å². The SMILES string of the molecule is CC1CN(CCC(C)(C(=O)NCc2ccc(Cl)c(Cl)c2)c2ccc(Cl)c(Cl)c2)CCN1S(C)(=O)=O. The van der Waals surface area contributed by atoms with Crippen molar-refractivity contribution in [2.75, 3.05) is 32.4 Å². The Morgan fingerprint density at radius 1 is 1.03 bits per heavy atom. The second-order valence-electron chi connectivity index (χ2n) is 9.17. The van der Waals surface area contributed by atoms with Gasteiger partial charge in [-0.05, 0) is 62.2 Å². The molecular weight excluding hydrogens is 552 g/mol. The van der Waals surface area contributed by atoms with Crippen LogP contribution in [0.15, 0.2) is 36.4 Å². The van der Waals surface area contributed by atoms with E-state index in [1.165, 1.54) is 10.6 Å². The lowest BCUT2D eigenvalue weighted by atomic mass is 9.78. The third kappa shape index (κ3) is 7.04. The van der Waals surface area contributed by atoms with Crippen LogP contribution in [0.1, 0.15) is 31.4 Å². The van der Waals surface area contributed by atoms with E-state index < -0.39 is 15.4 Å². The van der Waals surface area contributed by atoms with Gasteiger partial charge in [0, 0.05) is 32.2 Å². The van der Waals surface area contributed by atoms with Crippen LogP contribution in [0, 0.1) is 0 Å². The topological polar surface area (TPSA) is 69.7 Å². The van der Waals surface area contributed by atoms with Crippen LogP contribution in [0.3, 0.4) is 0 Å². The summed E-state index contributed by atoms with van der Waals surface area (Å²) < 4.78 is 25.5. The van der Waals surface area contributed by atoms with Crippen LogP contribution in [0.2, 0.25) is 20.1 Å². The molecule has 1 heterocycles. The summed E-state index contributed by atoms with van der Waals surface area (Å²) in [4.78, 5) is 15.7. The number of nitrogens with zero attached hydrogens (tertiary/aromatic N) is 2. The van der Waals surface area contributed by atoms with Gasteiger partial charge in [-0.2, -0.15) is 4.31 Å². The highest BCUT2D eigenvalue weighted by Crippen LogP contribution is 2.34. The van der Waals surface area contributed by atoms with Crippen LogP contribution in [-0.4, -0.2) is 62.0 Å². The zero-order valence-corrected chi connectivity index (χ0v) is 23.7. The summed E-state index contributed by atoms with van der Waals surface area (Å²) >= 11 is 24.5. The van der Waals surface area contributed by atoms with E-state index in [-0.39, 0.29) is 18.5 Å². The van der Waals surface area contributed by atoms with Crippen molar-refractivity contribution in [2.24, 2.45) is 0 Å². The Balaban J connectivity index is 1.77. The number of nitrogens with one attached hydrogen (secondary N) is 1. The first-order valence-electron chi connectivity index (χ1n) is 11.2. The fourth-order valence-electron chi connectivity index (χ4n) is 4.35. The van der Waals surface area contributed by atoms with Gasteiger partial charge in [-0.3, -0.25) is 4.79 Å². The highest BCUT2D eigenvalue weighted by Gasteiger charge is 2.37. The first kappa shape index (κ1) is 28.5. The maximum Gasteiger partial charge on any atom is 0.230 e. The van der Waals surface area contributed by atoms with Crippen molar-refractivity contribution in [3.63, 3.8) is 0 Å². The molecule has 2 aromatic rings. The summed E-state index contributed by atoms with van der Waals surface area (Å²) in [6, 6.07) is 10.3. The van der Waals surface area contributed by atoms with Crippen LogP contribution in [0.4, 0.5) is 0 Å². The van der Waals surface area contributed by atoms with Gasteiger partial charge in [0.25, 0.3) is 0 Å². The number of piperazine rings is 1. The van der Waals surface area contributed by atoms with E-state index in [1.807, 2.05) is 26.0 Å². The monoisotopic (exact) mass is 579 g/mol. The molecule has 2 aromatic carbocycles. The van der Waals surface area contributed by atoms with Crippen molar-refractivity contribution in [3.8, 4) is 0 Å². The van der Waals surface area contributed by atoms with Crippen LogP contribution in [0.25, 0.3) is 0 Å². The van der Waals surface area contributed by atoms with E-state index in [0.717, 1.165) is 11.1 Å². The number of hydrogen-bond acceptors (Lipinski definition) is 4. The molecule has 0 aliphatic carbocycles. The Kier molecular flexibility index (Phi) is 9.41. The maximum absolute atomic E-state index is 13.6. The van der Waals surface area contributed by atoms with Gasteiger partial charge in [-0.15, -0.1) is 0 Å². The fourth-order valence-corrected chi connectivity index (χ4v) is 6.10. The van der Waals surface area contributed by atoms with Gasteiger partial charge in [0.05, 0.1) is 31.8 Å². The average Bonchev–Trinajstić information content (AvgIpc) is 2.79. The Hall–Kier alpha value is -1.06. The van der Waals surface area contributed by atoms with Crippen molar-refractivity contribution in [3.05, 3.63) is 67.6 Å². The van der Waals surface area contributed by atoms with Crippen LogP contribution in [0.5, 0.6) is 0 Å². The normalized spacial score (nSPS) is 19.3. The molecule has 3 rings (SSSR count). The molecule has 0 radical (unpaired) electrons. The smallest absolute Gasteiger partial charge is 0.230 e. The van der Waals surface area contributed by atoms with E-state index in [2.05, 4.69) is 10.2 Å². The number of halogens is 4. The molecule has 1 aliphatic heterocycles. The molecule has 0 saturated carbocycles. The molecule has 1 aliphatic rings. The molecule has 1 N–H and O–H groups in total. The Morgan fingerprint density at radius 2 is 1.66 bits per heavy atom. The number of benzene rings is 2. The van der Waals surface area contributed by atoms with Gasteiger partial charge < -0.3 is 10.2 Å². The predicted octanol–water partition coefficient (Wildman–Crippen LogP) is 5.23. The largest absolute Gasteiger partial charge is 0.351 e. The van der Waals surface area contributed by atoms with Crippen LogP contribution < -0.4 is 5.32 Å². The molecule has 2 atom stereocenters. The van der Waals surface area contributed by atoms with E-state index >= 15 is 0 Å². The number of sulfonamides is 1. The van der Waals surface area contributed by atoms with Crippen molar-refractivity contribution in [1.29, 1.82) is 0 Å². The summed E-state index contributed by atoms with van der Waals surface area (Å²) in [7, 11) is -3.25. The minimum absolute atomic E-state index is 0.140. The van der Waals surface area contributed by atoms with Gasteiger partial charge in [-0.1, -0.05) is 58.5 Å². The average molecular weight is 581 g/mol.